The average molecular weight is 384 g/mol. The van der Waals surface area contributed by atoms with Crippen molar-refractivity contribution in [1.82, 2.24) is 9.88 Å². The highest BCUT2D eigenvalue weighted by atomic mass is 19.1. The van der Waals surface area contributed by atoms with Crippen molar-refractivity contribution < 1.29 is 14.2 Å². The maximum atomic E-state index is 13.6. The summed E-state index contributed by atoms with van der Waals surface area (Å²) in [7, 11) is 1.86. The van der Waals surface area contributed by atoms with E-state index in [1.165, 1.54) is 11.6 Å². The van der Waals surface area contributed by atoms with E-state index in [2.05, 4.69) is 47.1 Å². The molecule has 1 saturated heterocycles. The summed E-state index contributed by atoms with van der Waals surface area (Å²) in [6, 6.07) is 13.7. The Bertz CT molecular complexity index is 800. The van der Waals surface area contributed by atoms with Crippen LogP contribution < -0.4 is 0 Å². The molecule has 2 aromatic rings. The Labute approximate surface area is 166 Å². The van der Waals surface area contributed by atoms with Gasteiger partial charge in [-0.3, -0.25) is 0 Å². The van der Waals surface area contributed by atoms with E-state index in [-0.39, 0.29) is 17.3 Å². The molecule has 4 rings (SSSR count). The second-order valence-corrected chi connectivity index (χ2v) is 8.64. The summed E-state index contributed by atoms with van der Waals surface area (Å²) in [5, 5.41) is 9.34. The molecule has 1 unspecified atom stereocenters. The Kier molecular flexibility index (Phi) is 5.39. The van der Waals surface area contributed by atoms with Crippen molar-refractivity contribution in [3.63, 3.8) is 0 Å². The summed E-state index contributed by atoms with van der Waals surface area (Å²) in [4.78, 5) is 6.39. The van der Waals surface area contributed by atoms with Crippen molar-refractivity contribution in [2.75, 3.05) is 26.7 Å². The molecule has 150 valence electrons. The summed E-state index contributed by atoms with van der Waals surface area (Å²) in [5.74, 6) is 0.264. The first-order valence-corrected chi connectivity index (χ1v) is 10.1. The lowest BCUT2D eigenvalue weighted by molar-refractivity contribution is -0.0131. The number of hydrogen-bond donors (Lipinski definition) is 1. The molecule has 0 bridgehead atoms. The molecule has 4 nitrogen and oxygen atoms in total. The van der Waals surface area contributed by atoms with Crippen LogP contribution in [0, 0.1) is 17.8 Å². The Morgan fingerprint density at radius 2 is 1.86 bits per heavy atom. The number of aromatic nitrogens is 1. The Hall–Kier alpha value is -1.98. The topological polar surface area (TPSA) is 45.6 Å². The zero-order valence-corrected chi connectivity index (χ0v) is 16.6. The van der Waals surface area contributed by atoms with E-state index in [4.69, 9.17) is 4.74 Å². The molecular formula is C23H29FN2O2. The molecule has 1 N–H and O–H groups in total. The highest BCUT2D eigenvalue weighted by Gasteiger charge is 2.49. The number of likely N-dealkylation sites (tertiary alicyclic amines) is 1. The van der Waals surface area contributed by atoms with Gasteiger partial charge in [0.25, 0.3) is 5.95 Å². The minimum atomic E-state index is -0.784. The first kappa shape index (κ1) is 19.3. The van der Waals surface area contributed by atoms with Gasteiger partial charge < -0.3 is 14.7 Å². The quantitative estimate of drug-likeness (QED) is 0.765. The van der Waals surface area contributed by atoms with Crippen LogP contribution in [-0.2, 0) is 11.2 Å². The molecule has 0 radical (unpaired) electrons. The van der Waals surface area contributed by atoms with Crippen LogP contribution in [0.3, 0.4) is 0 Å². The largest absolute Gasteiger partial charge is 0.504 e. The van der Waals surface area contributed by atoms with Crippen molar-refractivity contribution in [3.8, 4) is 5.75 Å². The van der Waals surface area contributed by atoms with Gasteiger partial charge in [0, 0.05) is 44.8 Å². The summed E-state index contributed by atoms with van der Waals surface area (Å²) < 4.78 is 19.6. The van der Waals surface area contributed by atoms with Gasteiger partial charge in [0.2, 0.25) is 0 Å². The lowest BCUT2D eigenvalue weighted by Crippen LogP contribution is -2.35. The normalized spacial score (nSPS) is 28.4. The fourth-order valence-electron chi connectivity index (χ4n) is 5.23. The molecular weight excluding hydrogens is 355 g/mol. The third-order valence-electron chi connectivity index (χ3n) is 6.61. The minimum Gasteiger partial charge on any atom is -0.504 e. The maximum absolute atomic E-state index is 13.6. The number of ether oxygens (including phenoxy) is 1. The van der Waals surface area contributed by atoms with Gasteiger partial charge in [0.05, 0.1) is 5.60 Å². The number of aromatic hydroxyl groups is 1. The number of rotatable bonds is 6. The van der Waals surface area contributed by atoms with Crippen LogP contribution in [0.15, 0.2) is 42.5 Å². The van der Waals surface area contributed by atoms with Gasteiger partial charge in [-0.25, -0.2) is 4.98 Å². The van der Waals surface area contributed by atoms with Gasteiger partial charge in [-0.05, 0) is 42.4 Å². The molecule has 0 amide bonds. The van der Waals surface area contributed by atoms with Crippen LogP contribution in [0.5, 0.6) is 5.75 Å². The van der Waals surface area contributed by atoms with E-state index in [0.717, 1.165) is 38.9 Å². The number of pyridine rings is 1. The van der Waals surface area contributed by atoms with E-state index in [9.17, 15) is 9.50 Å². The van der Waals surface area contributed by atoms with E-state index in [1.54, 1.807) is 6.07 Å². The third kappa shape index (κ3) is 3.91. The molecule has 1 aromatic carbocycles. The van der Waals surface area contributed by atoms with Crippen LogP contribution in [0.2, 0.25) is 0 Å². The SMILES string of the molecule is CO[C@@]1(Cc2ccccc2)C[C@H]2CN(CC(C)c3ccc(O)c(F)n3)C[C@H]2C1. The molecule has 0 spiro atoms. The summed E-state index contributed by atoms with van der Waals surface area (Å²) >= 11 is 0. The lowest BCUT2D eigenvalue weighted by Gasteiger charge is -2.31. The number of halogens is 1. The Balaban J connectivity index is 1.36. The van der Waals surface area contributed by atoms with Crippen LogP contribution >= 0.6 is 0 Å². The molecule has 1 aliphatic heterocycles. The highest BCUT2D eigenvalue weighted by Crippen LogP contribution is 2.47. The number of nitrogens with zero attached hydrogens (tertiary/aromatic N) is 2. The predicted molar refractivity (Wildman–Crippen MR) is 107 cm³/mol. The molecule has 1 aliphatic carbocycles. The molecule has 28 heavy (non-hydrogen) atoms. The second-order valence-electron chi connectivity index (χ2n) is 8.64. The van der Waals surface area contributed by atoms with Gasteiger partial charge in [0.15, 0.2) is 5.75 Å². The van der Waals surface area contributed by atoms with Gasteiger partial charge >= 0.3 is 0 Å². The van der Waals surface area contributed by atoms with Gasteiger partial charge in [-0.15, -0.1) is 0 Å². The van der Waals surface area contributed by atoms with Crippen molar-refractivity contribution >= 4 is 0 Å². The summed E-state index contributed by atoms with van der Waals surface area (Å²) in [6.07, 6.45) is 3.17. The Morgan fingerprint density at radius 1 is 1.18 bits per heavy atom. The Morgan fingerprint density at radius 3 is 2.46 bits per heavy atom. The first-order chi connectivity index (χ1) is 13.5. The number of benzene rings is 1. The van der Waals surface area contributed by atoms with Gasteiger partial charge in [-0.1, -0.05) is 37.3 Å². The molecule has 1 aromatic heterocycles. The smallest absolute Gasteiger partial charge is 0.255 e. The molecule has 2 fully saturated rings. The monoisotopic (exact) mass is 384 g/mol. The number of hydrogen-bond acceptors (Lipinski definition) is 4. The zero-order valence-electron chi connectivity index (χ0n) is 16.6. The lowest BCUT2D eigenvalue weighted by atomic mass is 9.91. The predicted octanol–water partition coefficient (Wildman–Crippen LogP) is 4.00. The molecule has 5 heteroatoms. The third-order valence-corrected chi connectivity index (χ3v) is 6.61. The van der Waals surface area contributed by atoms with E-state index in [0.29, 0.717) is 17.5 Å². The van der Waals surface area contributed by atoms with Crippen LogP contribution in [0.4, 0.5) is 4.39 Å². The molecule has 4 atom stereocenters. The minimum absolute atomic E-state index is 0.0456. The standard InChI is InChI=1S/C23H29FN2O2/c1-16(20-8-9-21(27)22(24)25-20)13-26-14-18-11-23(28-2,12-19(18)15-26)10-17-6-4-3-5-7-17/h3-9,16,18-19,27H,10-15H2,1-2H3/t16?,18-,19+,23-. The number of fused-ring (bicyclic) bond motifs is 1. The molecule has 1 saturated carbocycles. The number of methoxy groups -OCH3 is 1. The average Bonchev–Trinajstić information content (AvgIpc) is 3.20. The van der Waals surface area contributed by atoms with E-state index < -0.39 is 5.95 Å². The fourth-order valence-corrected chi connectivity index (χ4v) is 5.23. The van der Waals surface area contributed by atoms with Crippen molar-refractivity contribution in [2.45, 2.75) is 37.7 Å². The van der Waals surface area contributed by atoms with Crippen molar-refractivity contribution in [1.29, 1.82) is 0 Å². The first-order valence-electron chi connectivity index (χ1n) is 10.1. The highest BCUT2D eigenvalue weighted by molar-refractivity contribution is 5.22. The van der Waals surface area contributed by atoms with Crippen LogP contribution in [0.25, 0.3) is 0 Å². The van der Waals surface area contributed by atoms with Crippen molar-refractivity contribution in [2.24, 2.45) is 11.8 Å². The van der Waals surface area contributed by atoms with Crippen LogP contribution in [-0.4, -0.2) is 47.3 Å². The van der Waals surface area contributed by atoms with E-state index >= 15 is 0 Å². The maximum Gasteiger partial charge on any atom is 0.255 e. The van der Waals surface area contributed by atoms with Crippen molar-refractivity contribution in [3.05, 3.63) is 59.7 Å². The molecule has 2 heterocycles. The molecule has 2 aliphatic rings. The summed E-state index contributed by atoms with van der Waals surface area (Å²) in [6.45, 7) is 5.07. The van der Waals surface area contributed by atoms with Gasteiger partial charge in [-0.2, -0.15) is 4.39 Å². The van der Waals surface area contributed by atoms with Gasteiger partial charge in [0.1, 0.15) is 0 Å². The van der Waals surface area contributed by atoms with Crippen LogP contribution in [0.1, 0.15) is 36.9 Å². The fraction of sp³-hybridized carbons (Fsp3) is 0.522. The second kappa shape index (κ2) is 7.80. The zero-order chi connectivity index (χ0) is 19.7. The van der Waals surface area contributed by atoms with E-state index in [1.807, 2.05) is 7.11 Å². The summed E-state index contributed by atoms with van der Waals surface area (Å²) in [5.41, 5.74) is 1.99.